The van der Waals surface area contributed by atoms with Gasteiger partial charge in [-0.15, -0.1) is 0 Å². The zero-order valence-corrected chi connectivity index (χ0v) is 12.0. The van der Waals surface area contributed by atoms with Gasteiger partial charge in [-0.25, -0.2) is 0 Å². The van der Waals surface area contributed by atoms with E-state index in [9.17, 15) is 0 Å². The van der Waals surface area contributed by atoms with Crippen LogP contribution in [0.15, 0.2) is 48.8 Å². The maximum atomic E-state index is 4.19. The molecule has 4 nitrogen and oxygen atoms in total. The topological polar surface area (TPSA) is 41.0 Å². The Labute approximate surface area is 120 Å². The lowest BCUT2D eigenvalue weighted by Gasteiger charge is -2.25. The van der Waals surface area contributed by atoms with E-state index < -0.39 is 0 Å². The smallest absolute Gasteiger partial charge is 0.0886 e. The summed E-state index contributed by atoms with van der Waals surface area (Å²) in [5.74, 6) is 0. The molecule has 0 unspecified atom stereocenters. The number of hydrogen-bond acceptors (Lipinski definition) is 4. The summed E-state index contributed by atoms with van der Waals surface area (Å²) >= 11 is 0. The number of likely N-dealkylation sites (N-methyl/N-ethyl adjacent to an activating group) is 1. The van der Waals surface area contributed by atoms with Crippen molar-refractivity contribution >= 4 is 0 Å². The summed E-state index contributed by atoms with van der Waals surface area (Å²) in [6.07, 6.45) is 3.54. The van der Waals surface area contributed by atoms with E-state index in [-0.39, 0.29) is 0 Å². The number of nitrogens with zero attached hydrogens (tertiary/aromatic N) is 3. The Hall–Kier alpha value is -1.78. The van der Waals surface area contributed by atoms with Crippen LogP contribution < -0.4 is 5.32 Å². The molecule has 0 amide bonds. The first-order valence-corrected chi connectivity index (χ1v) is 7.15. The van der Waals surface area contributed by atoms with Crippen LogP contribution in [0.2, 0.25) is 0 Å². The van der Waals surface area contributed by atoms with E-state index in [0.29, 0.717) is 0 Å². The molecule has 0 radical (unpaired) electrons. The number of aromatic nitrogens is 2. The maximum absolute atomic E-state index is 4.19. The summed E-state index contributed by atoms with van der Waals surface area (Å²) in [4.78, 5) is 10.8. The Bertz CT molecular complexity index is 429. The zero-order chi connectivity index (χ0) is 14.0. The van der Waals surface area contributed by atoms with Crippen LogP contribution in [0.1, 0.15) is 6.92 Å². The lowest BCUT2D eigenvalue weighted by Crippen LogP contribution is -2.43. The third-order valence-corrected chi connectivity index (χ3v) is 3.25. The van der Waals surface area contributed by atoms with Crippen molar-refractivity contribution in [2.45, 2.75) is 6.92 Å². The van der Waals surface area contributed by atoms with Gasteiger partial charge in [0.1, 0.15) is 0 Å². The second-order valence-corrected chi connectivity index (χ2v) is 4.61. The molecule has 1 saturated heterocycles. The molecule has 0 atom stereocenters. The third kappa shape index (κ3) is 4.72. The Balaban J connectivity index is 0.000000160. The van der Waals surface area contributed by atoms with Crippen molar-refractivity contribution in [3.05, 3.63) is 48.8 Å². The van der Waals surface area contributed by atoms with Crippen LogP contribution in [0.5, 0.6) is 0 Å². The van der Waals surface area contributed by atoms with E-state index in [1.165, 1.54) is 32.7 Å². The molecule has 2 aromatic heterocycles. The molecule has 3 heterocycles. The molecule has 106 valence electrons. The molecule has 1 N–H and O–H groups in total. The minimum absolute atomic E-state index is 0.915. The van der Waals surface area contributed by atoms with Gasteiger partial charge >= 0.3 is 0 Å². The van der Waals surface area contributed by atoms with Gasteiger partial charge in [0.2, 0.25) is 0 Å². The summed E-state index contributed by atoms with van der Waals surface area (Å²) in [7, 11) is 0. The van der Waals surface area contributed by atoms with Crippen LogP contribution >= 0.6 is 0 Å². The third-order valence-electron chi connectivity index (χ3n) is 3.25. The summed E-state index contributed by atoms with van der Waals surface area (Å²) in [5.41, 5.74) is 1.83. The fourth-order valence-electron chi connectivity index (χ4n) is 2.06. The first kappa shape index (κ1) is 14.6. The van der Waals surface area contributed by atoms with Crippen molar-refractivity contribution in [2.24, 2.45) is 0 Å². The Morgan fingerprint density at radius 1 is 0.950 bits per heavy atom. The highest BCUT2D eigenvalue weighted by molar-refractivity contribution is 5.52. The van der Waals surface area contributed by atoms with E-state index in [2.05, 4.69) is 27.1 Å². The van der Waals surface area contributed by atoms with E-state index in [0.717, 1.165) is 11.4 Å². The highest BCUT2D eigenvalue weighted by atomic mass is 15.2. The van der Waals surface area contributed by atoms with Crippen LogP contribution in [0.25, 0.3) is 11.4 Å². The highest BCUT2D eigenvalue weighted by Crippen LogP contribution is 2.10. The van der Waals surface area contributed by atoms with E-state index in [4.69, 9.17) is 0 Å². The van der Waals surface area contributed by atoms with Gasteiger partial charge < -0.3 is 10.2 Å². The number of hydrogen-bond donors (Lipinski definition) is 1. The molecule has 1 fully saturated rings. The highest BCUT2D eigenvalue weighted by Gasteiger charge is 2.04. The number of rotatable bonds is 2. The number of pyridine rings is 2. The maximum Gasteiger partial charge on any atom is 0.0886 e. The molecule has 20 heavy (non-hydrogen) atoms. The van der Waals surface area contributed by atoms with Crippen LogP contribution in [-0.2, 0) is 0 Å². The molecule has 2 aromatic rings. The van der Waals surface area contributed by atoms with Gasteiger partial charge in [-0.1, -0.05) is 19.1 Å². The van der Waals surface area contributed by atoms with Gasteiger partial charge in [0, 0.05) is 38.6 Å². The number of piperazine rings is 1. The van der Waals surface area contributed by atoms with Crippen LogP contribution in [-0.4, -0.2) is 47.6 Å². The minimum Gasteiger partial charge on any atom is -0.314 e. The van der Waals surface area contributed by atoms with Gasteiger partial charge in [0.25, 0.3) is 0 Å². The molecule has 0 spiro atoms. The van der Waals surface area contributed by atoms with E-state index in [1.807, 2.05) is 36.4 Å². The van der Waals surface area contributed by atoms with Crippen molar-refractivity contribution < 1.29 is 0 Å². The van der Waals surface area contributed by atoms with Gasteiger partial charge in [0.05, 0.1) is 11.4 Å². The van der Waals surface area contributed by atoms with E-state index >= 15 is 0 Å². The standard InChI is InChI=1S/C10H8N2.C6H14N2/c1-3-7-11-9(5-1)10-6-2-4-8-12-10;1-2-8-5-3-7-4-6-8/h1-8H;7H,2-6H2,1H3. The first-order chi connectivity index (χ1) is 9.90. The van der Waals surface area contributed by atoms with Gasteiger partial charge in [-0.2, -0.15) is 0 Å². The average molecular weight is 270 g/mol. The molecule has 0 aromatic carbocycles. The SMILES string of the molecule is CCN1CCNCC1.c1ccc(-c2ccccn2)nc1. The molecule has 0 aliphatic carbocycles. The van der Waals surface area contributed by atoms with Crippen LogP contribution in [0, 0.1) is 0 Å². The molecule has 3 rings (SSSR count). The van der Waals surface area contributed by atoms with Crippen molar-refractivity contribution in [1.82, 2.24) is 20.2 Å². The monoisotopic (exact) mass is 270 g/mol. The summed E-state index contributed by atoms with van der Waals surface area (Å²) in [6, 6.07) is 11.6. The van der Waals surface area contributed by atoms with Gasteiger partial charge in [-0.05, 0) is 30.8 Å². The fourth-order valence-corrected chi connectivity index (χ4v) is 2.06. The normalized spacial score (nSPS) is 15.2. The second kappa shape index (κ2) is 8.40. The quantitative estimate of drug-likeness (QED) is 0.907. The molecular weight excluding hydrogens is 248 g/mol. The Morgan fingerprint density at radius 3 is 1.85 bits per heavy atom. The van der Waals surface area contributed by atoms with Gasteiger partial charge in [-0.3, -0.25) is 9.97 Å². The fraction of sp³-hybridized carbons (Fsp3) is 0.375. The lowest BCUT2D eigenvalue weighted by molar-refractivity contribution is 0.253. The van der Waals surface area contributed by atoms with Crippen molar-refractivity contribution in [3.8, 4) is 11.4 Å². The molecule has 1 aliphatic heterocycles. The van der Waals surface area contributed by atoms with Gasteiger partial charge in [0.15, 0.2) is 0 Å². The Morgan fingerprint density at radius 2 is 1.50 bits per heavy atom. The predicted molar refractivity (Wildman–Crippen MR) is 82.5 cm³/mol. The number of nitrogens with one attached hydrogen (secondary N) is 1. The molecule has 1 aliphatic rings. The summed E-state index contributed by atoms with van der Waals surface area (Å²) < 4.78 is 0. The lowest BCUT2D eigenvalue weighted by atomic mass is 10.2. The molecule has 0 saturated carbocycles. The van der Waals surface area contributed by atoms with Crippen molar-refractivity contribution in [3.63, 3.8) is 0 Å². The Kier molecular flexibility index (Phi) is 6.14. The molecule has 4 heteroatoms. The first-order valence-electron chi connectivity index (χ1n) is 7.15. The summed E-state index contributed by atoms with van der Waals surface area (Å²) in [5, 5.41) is 3.31. The summed E-state index contributed by atoms with van der Waals surface area (Å²) in [6.45, 7) is 8.24. The molecule has 0 bridgehead atoms. The minimum atomic E-state index is 0.915. The second-order valence-electron chi connectivity index (χ2n) is 4.61. The van der Waals surface area contributed by atoms with Crippen LogP contribution in [0.3, 0.4) is 0 Å². The molecular formula is C16H22N4. The largest absolute Gasteiger partial charge is 0.314 e. The van der Waals surface area contributed by atoms with Crippen molar-refractivity contribution in [1.29, 1.82) is 0 Å². The predicted octanol–water partition coefficient (Wildman–Crippen LogP) is 2.06. The van der Waals surface area contributed by atoms with Crippen LogP contribution in [0.4, 0.5) is 0 Å². The van der Waals surface area contributed by atoms with E-state index in [1.54, 1.807) is 12.4 Å². The average Bonchev–Trinajstić information content (AvgIpc) is 2.58. The zero-order valence-electron chi connectivity index (χ0n) is 12.0. The van der Waals surface area contributed by atoms with Crippen molar-refractivity contribution in [2.75, 3.05) is 32.7 Å².